The van der Waals surface area contributed by atoms with Gasteiger partial charge in [0, 0.05) is 19.3 Å². The smallest absolute Gasteiger partial charge is 0.261 e. The minimum absolute atomic E-state index is 0.493. The zero-order valence-electron chi connectivity index (χ0n) is 14.4. The second kappa shape index (κ2) is 6.81. The number of anilines is 1. The van der Waals surface area contributed by atoms with Crippen molar-refractivity contribution in [3.8, 4) is 17.5 Å². The molecule has 4 rings (SSSR count). The molecule has 0 fully saturated rings. The van der Waals surface area contributed by atoms with Gasteiger partial charge in [0.05, 0.1) is 17.2 Å². The molecule has 0 radical (unpaired) electrons. The number of benzene rings is 1. The number of nitriles is 1. The molecule has 1 aliphatic heterocycles. The van der Waals surface area contributed by atoms with Crippen LogP contribution in [-0.4, -0.2) is 28.2 Å². The summed E-state index contributed by atoms with van der Waals surface area (Å²) in [6.45, 7) is 3.41. The Labute approximate surface area is 151 Å². The molecule has 6 heteroatoms. The van der Waals surface area contributed by atoms with Crippen LogP contribution in [-0.2, 0) is 0 Å². The average Bonchev–Trinajstić information content (AvgIpc) is 3.14. The van der Waals surface area contributed by atoms with E-state index in [2.05, 4.69) is 32.2 Å². The molecular weight excluding hydrogens is 326 g/mol. The number of aryl methyl sites for hydroxylation is 1. The fraction of sp³-hybridized carbons (Fsp3) is 0.200. The topological polar surface area (TPSA) is 78.8 Å². The number of rotatable bonds is 3. The molecule has 0 bridgehead atoms. The molecule has 3 aromatic rings. The van der Waals surface area contributed by atoms with E-state index in [-0.39, 0.29) is 0 Å². The van der Waals surface area contributed by atoms with E-state index in [4.69, 9.17) is 9.78 Å². The molecule has 128 valence electrons. The Kier molecular flexibility index (Phi) is 4.20. The molecule has 0 amide bonds. The first kappa shape index (κ1) is 16.0. The van der Waals surface area contributed by atoms with Crippen LogP contribution in [0.25, 0.3) is 17.0 Å². The molecule has 0 saturated carbocycles. The van der Waals surface area contributed by atoms with Crippen LogP contribution in [0.2, 0.25) is 0 Å². The van der Waals surface area contributed by atoms with Gasteiger partial charge in [-0.1, -0.05) is 23.4 Å². The summed E-state index contributed by atoms with van der Waals surface area (Å²) in [5.74, 6) is 1.95. The Morgan fingerprint density at radius 3 is 2.69 bits per heavy atom. The molecule has 0 aliphatic carbocycles. The first-order chi connectivity index (χ1) is 12.7. The predicted molar refractivity (Wildman–Crippen MR) is 98.2 cm³/mol. The monoisotopic (exact) mass is 343 g/mol. The van der Waals surface area contributed by atoms with Crippen molar-refractivity contribution in [1.29, 1.82) is 5.26 Å². The summed E-state index contributed by atoms with van der Waals surface area (Å²) in [6, 6.07) is 13.7. The first-order valence-electron chi connectivity index (χ1n) is 8.45. The minimum atomic E-state index is 0.493. The molecule has 0 atom stereocenters. The van der Waals surface area contributed by atoms with E-state index >= 15 is 0 Å². The van der Waals surface area contributed by atoms with Gasteiger partial charge in [-0.3, -0.25) is 0 Å². The molecule has 0 unspecified atom stereocenters. The van der Waals surface area contributed by atoms with Gasteiger partial charge in [-0.2, -0.15) is 10.2 Å². The van der Waals surface area contributed by atoms with Gasteiger partial charge in [0.1, 0.15) is 5.82 Å². The third-order valence-corrected chi connectivity index (χ3v) is 4.44. The second-order valence-electron chi connectivity index (χ2n) is 6.14. The van der Waals surface area contributed by atoms with E-state index in [9.17, 15) is 0 Å². The van der Waals surface area contributed by atoms with E-state index in [0.717, 1.165) is 36.5 Å². The van der Waals surface area contributed by atoms with Gasteiger partial charge in [0.2, 0.25) is 0 Å². The second-order valence-corrected chi connectivity index (χ2v) is 6.14. The Morgan fingerprint density at radius 1 is 1.19 bits per heavy atom. The highest BCUT2D eigenvalue weighted by atomic mass is 16.5. The van der Waals surface area contributed by atoms with Crippen molar-refractivity contribution in [2.75, 3.05) is 18.0 Å². The number of hydrogen-bond donors (Lipinski definition) is 0. The summed E-state index contributed by atoms with van der Waals surface area (Å²) >= 11 is 0. The third-order valence-electron chi connectivity index (χ3n) is 4.44. The minimum Gasteiger partial charge on any atom is -0.352 e. The molecule has 26 heavy (non-hydrogen) atoms. The van der Waals surface area contributed by atoms with E-state index in [1.165, 1.54) is 5.57 Å². The maximum atomic E-state index is 8.93. The van der Waals surface area contributed by atoms with Crippen LogP contribution in [0.1, 0.15) is 23.4 Å². The summed E-state index contributed by atoms with van der Waals surface area (Å²) in [7, 11) is 0. The summed E-state index contributed by atoms with van der Waals surface area (Å²) in [5.41, 5.74) is 3.98. The quantitative estimate of drug-likeness (QED) is 0.723. The maximum absolute atomic E-state index is 8.93. The lowest BCUT2D eigenvalue weighted by Crippen LogP contribution is -2.29. The Hall–Kier alpha value is -3.46. The number of pyridine rings is 1. The summed E-state index contributed by atoms with van der Waals surface area (Å²) < 4.78 is 5.32. The van der Waals surface area contributed by atoms with Crippen LogP contribution >= 0.6 is 0 Å². The average molecular weight is 343 g/mol. The lowest BCUT2D eigenvalue weighted by molar-refractivity contribution is 0.425. The molecule has 6 nitrogen and oxygen atoms in total. The largest absolute Gasteiger partial charge is 0.352 e. The Bertz CT molecular complexity index is 998. The van der Waals surface area contributed by atoms with Crippen molar-refractivity contribution in [1.82, 2.24) is 15.1 Å². The highest BCUT2D eigenvalue weighted by Crippen LogP contribution is 2.31. The van der Waals surface area contributed by atoms with Gasteiger partial charge in [-0.05, 0) is 48.7 Å². The molecule has 0 saturated heterocycles. The van der Waals surface area contributed by atoms with Gasteiger partial charge in [0.15, 0.2) is 5.82 Å². The fourth-order valence-corrected chi connectivity index (χ4v) is 3.10. The zero-order valence-corrected chi connectivity index (χ0v) is 14.4. The molecule has 2 aromatic heterocycles. The van der Waals surface area contributed by atoms with Crippen LogP contribution < -0.4 is 4.90 Å². The van der Waals surface area contributed by atoms with Crippen molar-refractivity contribution >= 4 is 11.4 Å². The fourth-order valence-electron chi connectivity index (χ4n) is 3.10. The van der Waals surface area contributed by atoms with Crippen LogP contribution in [0.5, 0.6) is 0 Å². The predicted octanol–water partition coefficient (Wildman–Crippen LogP) is 3.61. The van der Waals surface area contributed by atoms with Crippen molar-refractivity contribution in [3.05, 3.63) is 65.6 Å². The SMILES string of the molecule is Cc1noc(-c2cccnc2N2CC=C(c3ccc(C#N)cc3)CC2)n1. The normalized spacial score (nSPS) is 14.0. The molecule has 1 aliphatic rings. The van der Waals surface area contributed by atoms with Crippen LogP contribution in [0.4, 0.5) is 5.82 Å². The summed E-state index contributed by atoms with van der Waals surface area (Å²) in [5, 5.41) is 12.8. The van der Waals surface area contributed by atoms with E-state index in [0.29, 0.717) is 17.3 Å². The van der Waals surface area contributed by atoms with Crippen LogP contribution in [0.15, 0.2) is 53.2 Å². The molecule has 3 heterocycles. The summed E-state index contributed by atoms with van der Waals surface area (Å²) in [4.78, 5) is 11.1. The lowest BCUT2D eigenvalue weighted by Gasteiger charge is -2.28. The molecule has 1 aromatic carbocycles. The van der Waals surface area contributed by atoms with Crippen LogP contribution in [0, 0.1) is 18.3 Å². The zero-order chi connectivity index (χ0) is 17.9. The van der Waals surface area contributed by atoms with Crippen molar-refractivity contribution in [3.63, 3.8) is 0 Å². The molecule has 0 spiro atoms. The first-order valence-corrected chi connectivity index (χ1v) is 8.45. The van der Waals surface area contributed by atoms with E-state index in [1.54, 1.807) is 13.1 Å². The number of aromatic nitrogens is 3. The highest BCUT2D eigenvalue weighted by molar-refractivity contribution is 5.73. The lowest BCUT2D eigenvalue weighted by atomic mass is 9.98. The standard InChI is InChI=1S/C20H17N5O/c1-14-23-20(26-24-14)18-3-2-10-22-19(18)25-11-8-17(9-12-25)16-6-4-15(13-21)5-7-16/h2-8,10H,9,11-12H2,1H3. The van der Waals surface area contributed by atoms with Gasteiger partial charge >= 0.3 is 0 Å². The van der Waals surface area contributed by atoms with E-state index < -0.39 is 0 Å². The van der Waals surface area contributed by atoms with Crippen molar-refractivity contribution in [2.24, 2.45) is 0 Å². The van der Waals surface area contributed by atoms with Gasteiger partial charge < -0.3 is 9.42 Å². The van der Waals surface area contributed by atoms with Gasteiger partial charge in [-0.15, -0.1) is 0 Å². The summed E-state index contributed by atoms with van der Waals surface area (Å²) in [6.07, 6.45) is 4.90. The van der Waals surface area contributed by atoms with E-state index in [1.807, 2.05) is 36.4 Å². The molecular formula is C20H17N5O. The number of hydrogen-bond acceptors (Lipinski definition) is 6. The van der Waals surface area contributed by atoms with Crippen molar-refractivity contribution < 1.29 is 4.52 Å². The van der Waals surface area contributed by atoms with Gasteiger partial charge in [-0.25, -0.2) is 4.98 Å². The van der Waals surface area contributed by atoms with Gasteiger partial charge in [0.25, 0.3) is 5.89 Å². The highest BCUT2D eigenvalue weighted by Gasteiger charge is 2.20. The molecule has 0 N–H and O–H groups in total. The maximum Gasteiger partial charge on any atom is 0.261 e. The number of nitrogens with zero attached hydrogens (tertiary/aromatic N) is 5. The van der Waals surface area contributed by atoms with Crippen molar-refractivity contribution in [2.45, 2.75) is 13.3 Å². The third kappa shape index (κ3) is 3.07. The Balaban J connectivity index is 1.58. The Morgan fingerprint density at radius 2 is 2.04 bits per heavy atom. The van der Waals surface area contributed by atoms with Crippen LogP contribution in [0.3, 0.4) is 0 Å².